The summed E-state index contributed by atoms with van der Waals surface area (Å²) in [4.78, 5) is 14.7. The van der Waals surface area contributed by atoms with Gasteiger partial charge in [0.05, 0.1) is 4.92 Å². The maximum Gasteiger partial charge on any atom is 0.287 e. The van der Waals surface area contributed by atoms with Gasteiger partial charge in [0.25, 0.3) is 5.69 Å². The number of hydrogen-bond donors (Lipinski definition) is 1. The van der Waals surface area contributed by atoms with Crippen molar-refractivity contribution in [1.82, 2.24) is 4.98 Å². The number of benzene rings is 1. The van der Waals surface area contributed by atoms with E-state index in [1.807, 2.05) is 19.1 Å². The molecule has 2 aliphatic heterocycles. The Morgan fingerprint density at radius 3 is 2.74 bits per heavy atom. The summed E-state index contributed by atoms with van der Waals surface area (Å²) < 4.78 is 16.5. The summed E-state index contributed by atoms with van der Waals surface area (Å²) in [6, 6.07) is 7.61. The molecular weight excluding hydrogens is 350 g/mol. The zero-order valence-corrected chi connectivity index (χ0v) is 15.1. The molecule has 0 aliphatic carbocycles. The molecule has 0 radical (unpaired) electrons. The number of aryl methyl sites for hydroxylation is 1. The molecule has 0 amide bonds. The van der Waals surface area contributed by atoms with Crippen LogP contribution in [0.25, 0.3) is 0 Å². The quantitative estimate of drug-likeness (QED) is 0.637. The molecule has 0 atom stereocenters. The molecule has 1 fully saturated rings. The molecule has 142 valence electrons. The van der Waals surface area contributed by atoms with E-state index in [-0.39, 0.29) is 17.9 Å². The van der Waals surface area contributed by atoms with Gasteiger partial charge >= 0.3 is 0 Å². The van der Waals surface area contributed by atoms with Gasteiger partial charge in [-0.25, -0.2) is 4.98 Å². The van der Waals surface area contributed by atoms with Crippen LogP contribution in [-0.4, -0.2) is 36.5 Å². The van der Waals surface area contributed by atoms with Gasteiger partial charge < -0.3 is 19.5 Å². The van der Waals surface area contributed by atoms with E-state index in [1.165, 1.54) is 17.8 Å². The predicted molar refractivity (Wildman–Crippen MR) is 98.4 cm³/mol. The van der Waals surface area contributed by atoms with Crippen LogP contribution in [0.5, 0.6) is 11.5 Å². The van der Waals surface area contributed by atoms with Crippen LogP contribution in [0.3, 0.4) is 0 Å². The van der Waals surface area contributed by atoms with Gasteiger partial charge in [-0.05, 0) is 43.0 Å². The molecule has 1 aromatic heterocycles. The lowest BCUT2D eigenvalue weighted by atomic mass is 9.74. The summed E-state index contributed by atoms with van der Waals surface area (Å²) in [6.07, 6.45) is 3.02. The van der Waals surface area contributed by atoms with Crippen molar-refractivity contribution in [2.45, 2.75) is 25.2 Å². The van der Waals surface area contributed by atoms with Gasteiger partial charge in [0.15, 0.2) is 11.5 Å². The zero-order chi connectivity index (χ0) is 18.9. The Hall–Kier alpha value is -2.87. The Morgan fingerprint density at radius 1 is 1.22 bits per heavy atom. The van der Waals surface area contributed by atoms with E-state index in [2.05, 4.69) is 16.4 Å². The first-order valence-electron chi connectivity index (χ1n) is 8.90. The summed E-state index contributed by atoms with van der Waals surface area (Å²) in [7, 11) is 0. The Kier molecular flexibility index (Phi) is 4.57. The van der Waals surface area contributed by atoms with E-state index in [4.69, 9.17) is 14.2 Å². The molecular formula is C19H21N3O5. The van der Waals surface area contributed by atoms with Crippen molar-refractivity contribution >= 4 is 11.5 Å². The van der Waals surface area contributed by atoms with E-state index in [0.717, 1.165) is 29.9 Å². The second kappa shape index (κ2) is 7.03. The fraction of sp³-hybridized carbons (Fsp3) is 0.421. The van der Waals surface area contributed by atoms with Crippen LogP contribution < -0.4 is 14.8 Å². The average molecular weight is 371 g/mol. The Bertz CT molecular complexity index is 864. The third-order valence-corrected chi connectivity index (χ3v) is 5.30. The van der Waals surface area contributed by atoms with Crippen LogP contribution in [0.4, 0.5) is 11.5 Å². The zero-order valence-electron chi connectivity index (χ0n) is 15.1. The van der Waals surface area contributed by atoms with Crippen LogP contribution >= 0.6 is 0 Å². The molecule has 0 spiro atoms. The molecule has 8 nitrogen and oxygen atoms in total. The molecule has 1 saturated heterocycles. The van der Waals surface area contributed by atoms with Gasteiger partial charge in [0.1, 0.15) is 12.0 Å². The monoisotopic (exact) mass is 371 g/mol. The number of nitrogens with one attached hydrogen (secondary N) is 1. The predicted octanol–water partition coefficient (Wildman–Crippen LogP) is 3.19. The number of rotatable bonds is 5. The highest BCUT2D eigenvalue weighted by atomic mass is 16.7. The first kappa shape index (κ1) is 17.5. The lowest BCUT2D eigenvalue weighted by Crippen LogP contribution is -2.40. The molecule has 27 heavy (non-hydrogen) atoms. The molecule has 2 aliphatic rings. The minimum atomic E-state index is -0.434. The van der Waals surface area contributed by atoms with Gasteiger partial charge in [0.2, 0.25) is 6.79 Å². The third-order valence-electron chi connectivity index (χ3n) is 5.30. The van der Waals surface area contributed by atoms with Crippen molar-refractivity contribution in [3.63, 3.8) is 0 Å². The fourth-order valence-corrected chi connectivity index (χ4v) is 3.65. The number of ether oxygens (including phenoxy) is 3. The highest BCUT2D eigenvalue weighted by Crippen LogP contribution is 2.41. The van der Waals surface area contributed by atoms with Crippen molar-refractivity contribution in [2.24, 2.45) is 0 Å². The Morgan fingerprint density at radius 2 is 2.00 bits per heavy atom. The summed E-state index contributed by atoms with van der Waals surface area (Å²) in [5.41, 5.74) is 1.78. The maximum atomic E-state index is 10.9. The molecule has 1 aromatic carbocycles. The fourth-order valence-electron chi connectivity index (χ4n) is 3.65. The Labute approximate surface area is 156 Å². The minimum Gasteiger partial charge on any atom is -0.454 e. The van der Waals surface area contributed by atoms with E-state index in [9.17, 15) is 10.1 Å². The number of pyridine rings is 1. The molecule has 8 heteroatoms. The van der Waals surface area contributed by atoms with Gasteiger partial charge in [-0.2, -0.15) is 0 Å². The van der Waals surface area contributed by atoms with Crippen molar-refractivity contribution in [2.75, 3.05) is 31.9 Å². The molecule has 2 aromatic rings. The lowest BCUT2D eigenvalue weighted by molar-refractivity contribution is -0.385. The molecule has 0 unspecified atom stereocenters. The van der Waals surface area contributed by atoms with E-state index in [1.54, 1.807) is 0 Å². The van der Waals surface area contributed by atoms with Crippen molar-refractivity contribution < 1.29 is 19.1 Å². The topological polar surface area (TPSA) is 95.8 Å². The van der Waals surface area contributed by atoms with Crippen molar-refractivity contribution in [3.05, 3.63) is 51.7 Å². The summed E-state index contributed by atoms with van der Waals surface area (Å²) in [5.74, 6) is 2.19. The number of anilines is 1. The number of nitro groups is 1. The number of aromatic nitrogens is 1. The van der Waals surface area contributed by atoms with E-state index in [0.29, 0.717) is 25.6 Å². The smallest absolute Gasteiger partial charge is 0.287 e. The minimum absolute atomic E-state index is 0.00500. The van der Waals surface area contributed by atoms with E-state index >= 15 is 0 Å². The first-order chi connectivity index (χ1) is 13.1. The molecule has 3 heterocycles. The highest BCUT2D eigenvalue weighted by molar-refractivity contribution is 5.50. The van der Waals surface area contributed by atoms with Gasteiger partial charge in [0, 0.05) is 31.2 Å². The Balaban J connectivity index is 1.59. The van der Waals surface area contributed by atoms with Crippen LogP contribution in [0.15, 0.2) is 30.5 Å². The standard InChI is InChI=1S/C19H21N3O5/c1-13-8-15(22(23)24)10-20-18(13)21-11-19(4-6-25-7-5-19)14-2-3-16-17(9-14)27-12-26-16/h2-3,8-10H,4-7,11-12H2,1H3,(H,20,21). The second-order valence-electron chi connectivity index (χ2n) is 6.93. The lowest BCUT2D eigenvalue weighted by Gasteiger charge is -2.38. The highest BCUT2D eigenvalue weighted by Gasteiger charge is 2.35. The summed E-state index contributed by atoms with van der Waals surface area (Å²) >= 11 is 0. The first-order valence-corrected chi connectivity index (χ1v) is 8.90. The van der Waals surface area contributed by atoms with Crippen LogP contribution in [0.1, 0.15) is 24.0 Å². The van der Waals surface area contributed by atoms with Gasteiger partial charge in [-0.15, -0.1) is 0 Å². The SMILES string of the molecule is Cc1cc([N+](=O)[O-])cnc1NCC1(c2ccc3c(c2)OCO3)CCOCC1. The average Bonchev–Trinajstić information content (AvgIpc) is 3.15. The van der Waals surface area contributed by atoms with Crippen molar-refractivity contribution in [1.29, 1.82) is 0 Å². The molecule has 0 saturated carbocycles. The number of nitrogens with zero attached hydrogens (tertiary/aromatic N) is 2. The molecule has 1 N–H and O–H groups in total. The van der Waals surface area contributed by atoms with Crippen LogP contribution in [-0.2, 0) is 10.2 Å². The maximum absolute atomic E-state index is 10.9. The number of fused-ring (bicyclic) bond motifs is 1. The summed E-state index contributed by atoms with van der Waals surface area (Å²) in [6.45, 7) is 4.09. The molecule has 0 bridgehead atoms. The largest absolute Gasteiger partial charge is 0.454 e. The second-order valence-corrected chi connectivity index (χ2v) is 6.93. The third kappa shape index (κ3) is 3.40. The normalized spacial score (nSPS) is 17.5. The van der Waals surface area contributed by atoms with Crippen LogP contribution in [0, 0.1) is 17.0 Å². The van der Waals surface area contributed by atoms with Crippen LogP contribution in [0.2, 0.25) is 0 Å². The number of hydrogen-bond acceptors (Lipinski definition) is 7. The summed E-state index contributed by atoms with van der Waals surface area (Å²) in [5, 5.41) is 14.3. The van der Waals surface area contributed by atoms with Crippen molar-refractivity contribution in [3.8, 4) is 11.5 Å². The molecule has 4 rings (SSSR count). The van der Waals surface area contributed by atoms with E-state index < -0.39 is 4.92 Å². The van der Waals surface area contributed by atoms with Gasteiger partial charge in [-0.3, -0.25) is 10.1 Å². The van der Waals surface area contributed by atoms with Gasteiger partial charge in [-0.1, -0.05) is 6.07 Å².